The molecular weight excluding hydrogens is 316 g/mol. The van der Waals surface area contributed by atoms with Gasteiger partial charge in [0.25, 0.3) is 5.91 Å². The number of hydrogen-bond donors (Lipinski definition) is 0. The average Bonchev–Trinajstić information content (AvgIpc) is 2.93. The molecule has 0 fully saturated rings. The van der Waals surface area contributed by atoms with Crippen molar-refractivity contribution in [3.63, 3.8) is 0 Å². The lowest BCUT2D eigenvalue weighted by molar-refractivity contribution is -0.134. The van der Waals surface area contributed by atoms with E-state index in [0.29, 0.717) is 13.1 Å². The number of amides is 1. The van der Waals surface area contributed by atoms with E-state index in [1.807, 2.05) is 19.1 Å². The maximum Gasteiger partial charge on any atom is 0.260 e. The van der Waals surface area contributed by atoms with Crippen LogP contribution in [0.25, 0.3) is 0 Å². The molecule has 0 unspecified atom stereocenters. The summed E-state index contributed by atoms with van der Waals surface area (Å²) >= 11 is 0. The van der Waals surface area contributed by atoms with Crippen LogP contribution in [0, 0.1) is 13.8 Å². The van der Waals surface area contributed by atoms with Gasteiger partial charge in [0.2, 0.25) is 0 Å². The SMILES string of the molecule is Cc1ccc(OCC(=O)N2CCc3c(C)noc3C2)c(C(C)(C)C)c1. The summed E-state index contributed by atoms with van der Waals surface area (Å²) in [5, 5.41) is 3.99. The highest BCUT2D eigenvalue weighted by atomic mass is 16.5. The third-order valence-corrected chi connectivity index (χ3v) is 4.68. The van der Waals surface area contributed by atoms with Gasteiger partial charge in [-0.05, 0) is 37.3 Å². The summed E-state index contributed by atoms with van der Waals surface area (Å²) in [6.07, 6.45) is 0.786. The summed E-state index contributed by atoms with van der Waals surface area (Å²) in [5.41, 5.74) is 4.33. The molecule has 1 aliphatic heterocycles. The van der Waals surface area contributed by atoms with E-state index < -0.39 is 0 Å². The van der Waals surface area contributed by atoms with Crippen LogP contribution in [-0.2, 0) is 23.2 Å². The molecule has 0 N–H and O–H groups in total. The summed E-state index contributed by atoms with van der Waals surface area (Å²) in [6.45, 7) is 11.6. The number of nitrogens with zero attached hydrogens (tertiary/aromatic N) is 2. The Labute approximate surface area is 148 Å². The maximum atomic E-state index is 12.6. The molecule has 0 radical (unpaired) electrons. The van der Waals surface area contributed by atoms with Gasteiger partial charge in [-0.25, -0.2) is 0 Å². The van der Waals surface area contributed by atoms with Crippen LogP contribution in [0.2, 0.25) is 0 Å². The lowest BCUT2D eigenvalue weighted by atomic mass is 9.85. The number of carbonyl (C=O) groups is 1. The second kappa shape index (κ2) is 6.54. The maximum absolute atomic E-state index is 12.6. The van der Waals surface area contributed by atoms with Crippen molar-refractivity contribution in [2.45, 2.75) is 53.0 Å². The zero-order chi connectivity index (χ0) is 18.2. The van der Waals surface area contributed by atoms with Crippen LogP contribution in [0.4, 0.5) is 0 Å². The van der Waals surface area contributed by atoms with E-state index in [9.17, 15) is 4.79 Å². The monoisotopic (exact) mass is 342 g/mol. The van der Waals surface area contributed by atoms with Gasteiger partial charge < -0.3 is 14.2 Å². The van der Waals surface area contributed by atoms with Gasteiger partial charge in [-0.2, -0.15) is 0 Å². The fourth-order valence-electron chi connectivity index (χ4n) is 3.18. The van der Waals surface area contributed by atoms with Crippen LogP contribution in [0.3, 0.4) is 0 Å². The summed E-state index contributed by atoms with van der Waals surface area (Å²) in [5.74, 6) is 1.54. The van der Waals surface area contributed by atoms with Crippen molar-refractivity contribution in [3.05, 3.63) is 46.3 Å². The van der Waals surface area contributed by atoms with Gasteiger partial charge in [0.05, 0.1) is 12.2 Å². The smallest absolute Gasteiger partial charge is 0.260 e. The zero-order valence-electron chi connectivity index (χ0n) is 15.7. The molecule has 5 heteroatoms. The van der Waals surface area contributed by atoms with Crippen LogP contribution in [0.5, 0.6) is 5.75 Å². The Morgan fingerprint density at radius 3 is 2.80 bits per heavy atom. The standard InChI is InChI=1S/C20H26N2O3/c1-13-6-7-17(16(10-13)20(3,4)5)24-12-19(23)22-9-8-15-14(2)21-25-18(15)11-22/h6-7,10H,8-9,11-12H2,1-5H3. The van der Waals surface area contributed by atoms with Gasteiger partial charge in [-0.1, -0.05) is 43.6 Å². The molecule has 0 saturated heterocycles. The minimum absolute atomic E-state index is 0.0277. The van der Waals surface area contributed by atoms with Crippen molar-refractivity contribution < 1.29 is 14.1 Å². The minimum Gasteiger partial charge on any atom is -0.483 e. The normalized spacial score (nSPS) is 14.4. The number of benzene rings is 1. The Bertz CT molecular complexity index is 787. The van der Waals surface area contributed by atoms with Crippen LogP contribution in [0.1, 0.15) is 48.9 Å². The number of hydrogen-bond acceptors (Lipinski definition) is 4. The molecule has 1 aromatic carbocycles. The second-order valence-electron chi connectivity index (χ2n) is 7.77. The largest absolute Gasteiger partial charge is 0.483 e. The van der Waals surface area contributed by atoms with Gasteiger partial charge >= 0.3 is 0 Å². The molecule has 3 rings (SSSR count). The number of aryl methyl sites for hydroxylation is 2. The molecular formula is C20H26N2O3. The van der Waals surface area contributed by atoms with E-state index in [-0.39, 0.29) is 17.9 Å². The first kappa shape index (κ1) is 17.5. The van der Waals surface area contributed by atoms with E-state index in [0.717, 1.165) is 34.8 Å². The molecule has 0 spiro atoms. The Morgan fingerprint density at radius 1 is 1.32 bits per heavy atom. The topological polar surface area (TPSA) is 55.6 Å². The molecule has 0 aliphatic carbocycles. The third kappa shape index (κ3) is 3.70. The molecule has 1 amide bonds. The Hall–Kier alpha value is -2.30. The number of aromatic nitrogens is 1. The highest BCUT2D eigenvalue weighted by Crippen LogP contribution is 2.32. The summed E-state index contributed by atoms with van der Waals surface area (Å²) < 4.78 is 11.2. The average molecular weight is 342 g/mol. The first-order chi connectivity index (χ1) is 11.8. The van der Waals surface area contributed by atoms with E-state index in [1.54, 1.807) is 4.90 Å². The molecule has 134 valence electrons. The molecule has 2 aromatic rings. The Morgan fingerprint density at radius 2 is 2.08 bits per heavy atom. The van der Waals surface area contributed by atoms with Crippen LogP contribution in [0.15, 0.2) is 22.7 Å². The van der Waals surface area contributed by atoms with Gasteiger partial charge in [-0.3, -0.25) is 4.79 Å². The number of ether oxygens (including phenoxy) is 1. The van der Waals surface area contributed by atoms with Crippen molar-refractivity contribution in [2.75, 3.05) is 13.2 Å². The van der Waals surface area contributed by atoms with Gasteiger partial charge in [0.15, 0.2) is 12.4 Å². The lowest BCUT2D eigenvalue weighted by Gasteiger charge is -2.27. The molecule has 5 nitrogen and oxygen atoms in total. The number of fused-ring (bicyclic) bond motifs is 1. The van der Waals surface area contributed by atoms with Crippen LogP contribution >= 0.6 is 0 Å². The molecule has 0 atom stereocenters. The molecule has 1 aromatic heterocycles. The van der Waals surface area contributed by atoms with Crippen molar-refractivity contribution in [3.8, 4) is 5.75 Å². The fraction of sp³-hybridized carbons (Fsp3) is 0.500. The van der Waals surface area contributed by atoms with Crippen LogP contribution in [-0.4, -0.2) is 29.1 Å². The quantitative estimate of drug-likeness (QED) is 0.856. The van der Waals surface area contributed by atoms with Gasteiger partial charge in [0, 0.05) is 12.1 Å². The van der Waals surface area contributed by atoms with Crippen molar-refractivity contribution >= 4 is 5.91 Å². The van der Waals surface area contributed by atoms with Crippen LogP contribution < -0.4 is 4.74 Å². The molecule has 25 heavy (non-hydrogen) atoms. The van der Waals surface area contributed by atoms with E-state index in [2.05, 4.69) is 38.9 Å². The van der Waals surface area contributed by atoms with E-state index >= 15 is 0 Å². The van der Waals surface area contributed by atoms with Crippen molar-refractivity contribution in [1.29, 1.82) is 0 Å². The Balaban J connectivity index is 1.68. The highest BCUT2D eigenvalue weighted by molar-refractivity contribution is 5.78. The predicted octanol–water partition coefficient (Wildman–Crippen LogP) is 3.55. The van der Waals surface area contributed by atoms with Crippen molar-refractivity contribution in [2.24, 2.45) is 0 Å². The zero-order valence-corrected chi connectivity index (χ0v) is 15.7. The fourth-order valence-corrected chi connectivity index (χ4v) is 3.18. The van der Waals surface area contributed by atoms with Crippen molar-refractivity contribution in [1.82, 2.24) is 10.1 Å². The predicted molar refractivity (Wildman–Crippen MR) is 95.7 cm³/mol. The summed E-state index contributed by atoms with van der Waals surface area (Å²) in [7, 11) is 0. The van der Waals surface area contributed by atoms with Gasteiger partial charge in [-0.15, -0.1) is 0 Å². The first-order valence-electron chi connectivity index (χ1n) is 8.71. The first-order valence-corrected chi connectivity index (χ1v) is 8.71. The highest BCUT2D eigenvalue weighted by Gasteiger charge is 2.26. The summed E-state index contributed by atoms with van der Waals surface area (Å²) in [6, 6.07) is 6.10. The van der Waals surface area contributed by atoms with E-state index in [1.165, 1.54) is 5.56 Å². The molecule has 2 heterocycles. The molecule has 1 aliphatic rings. The number of rotatable bonds is 3. The summed E-state index contributed by atoms with van der Waals surface area (Å²) in [4.78, 5) is 14.3. The third-order valence-electron chi connectivity index (χ3n) is 4.68. The molecule has 0 bridgehead atoms. The Kier molecular flexibility index (Phi) is 4.58. The number of carbonyl (C=O) groups excluding carboxylic acids is 1. The molecule has 0 saturated carbocycles. The van der Waals surface area contributed by atoms with E-state index in [4.69, 9.17) is 9.26 Å². The van der Waals surface area contributed by atoms with Gasteiger partial charge in [0.1, 0.15) is 5.75 Å². The lowest BCUT2D eigenvalue weighted by Crippen LogP contribution is -2.38. The minimum atomic E-state index is -0.0399. The second-order valence-corrected chi connectivity index (χ2v) is 7.77.